The van der Waals surface area contributed by atoms with Crippen molar-refractivity contribution >= 4 is 29.2 Å². The van der Waals surface area contributed by atoms with Crippen LogP contribution in [0, 0.1) is 35.5 Å². The summed E-state index contributed by atoms with van der Waals surface area (Å²) in [5.41, 5.74) is -9.44. The fourth-order valence-electron chi connectivity index (χ4n) is 13.6. The number of allylic oxidation sites excluding steroid dienone is 5. The number of carbonyl (C=O) groups excluding carboxylic acids is 2. The van der Waals surface area contributed by atoms with Crippen LogP contribution in [-0.2, 0) is 41.4 Å². The highest BCUT2D eigenvalue weighted by molar-refractivity contribution is 5.90. The number of benzene rings is 2. The van der Waals surface area contributed by atoms with Crippen molar-refractivity contribution in [2.45, 2.75) is 141 Å². The Labute approximate surface area is 487 Å². The van der Waals surface area contributed by atoms with Crippen LogP contribution in [0.15, 0.2) is 92.5 Å². The third kappa shape index (κ3) is 8.56. The van der Waals surface area contributed by atoms with Gasteiger partial charge < -0.3 is 105 Å². The number of aromatic hydroxyl groups is 3. The van der Waals surface area contributed by atoms with Gasteiger partial charge in [-0.2, -0.15) is 0 Å². The molecule has 86 heavy (non-hydrogen) atoms. The maximum absolute atomic E-state index is 16.1. The lowest BCUT2D eigenvalue weighted by Gasteiger charge is -2.58. The number of carboxylic acid groups (broad SMARTS) is 1. The highest BCUT2D eigenvalue weighted by Crippen LogP contribution is 2.58. The van der Waals surface area contributed by atoms with Crippen molar-refractivity contribution in [2.24, 2.45) is 11.8 Å². The number of dihydropyridines is 1. The third-order valence-electron chi connectivity index (χ3n) is 18.2. The fourth-order valence-corrected chi connectivity index (χ4v) is 13.6. The molecule has 9 heterocycles. The highest BCUT2D eigenvalue weighted by atomic mass is 16.8. The summed E-state index contributed by atoms with van der Waals surface area (Å²) in [6, 6.07) is 6.25. The van der Waals surface area contributed by atoms with Gasteiger partial charge in [0.05, 0.1) is 12.6 Å². The van der Waals surface area contributed by atoms with Crippen molar-refractivity contribution in [1.29, 1.82) is 0 Å². The van der Waals surface area contributed by atoms with Gasteiger partial charge in [-0.15, -0.1) is 0 Å². The molecule has 7 aliphatic heterocycles. The average Bonchev–Trinajstić information content (AvgIpc) is 1.23. The van der Waals surface area contributed by atoms with Gasteiger partial charge in [-0.05, 0) is 72.8 Å². The number of carboxylic acids is 1. The quantitative estimate of drug-likeness (QED) is 0.0229. The smallest absolute Gasteiger partial charge is 0.354 e. The zero-order valence-corrected chi connectivity index (χ0v) is 45.8. The van der Waals surface area contributed by atoms with Gasteiger partial charge in [-0.3, -0.25) is 10.1 Å². The number of hydrogen-bond donors (Lipinski definition) is 16. The topological polar surface area (TPSA) is 421 Å². The minimum Gasteiger partial charge on any atom is -0.507 e. The van der Waals surface area contributed by atoms with E-state index >= 15 is 4.79 Å². The summed E-state index contributed by atoms with van der Waals surface area (Å²) in [4.78, 5) is 59.4. The number of phenolic OH excluding ortho intramolecular Hbond substituents is 3. The van der Waals surface area contributed by atoms with Crippen LogP contribution in [0.2, 0.25) is 0 Å². The molecule has 2 aromatic heterocycles. The molecule has 3 saturated heterocycles. The first-order valence-corrected chi connectivity index (χ1v) is 28.0. The Morgan fingerprint density at radius 3 is 2.47 bits per heavy atom. The molecular weight excluding hydrogens is 1130 g/mol. The van der Waals surface area contributed by atoms with Gasteiger partial charge in [0.2, 0.25) is 17.2 Å². The van der Waals surface area contributed by atoms with E-state index in [1.807, 2.05) is 13.0 Å². The van der Waals surface area contributed by atoms with Crippen molar-refractivity contribution in [3.63, 3.8) is 0 Å². The zero-order valence-electron chi connectivity index (χ0n) is 45.8. The molecule has 452 valence electrons. The van der Waals surface area contributed by atoms with E-state index < -0.39 is 167 Å². The van der Waals surface area contributed by atoms with Gasteiger partial charge in [0.1, 0.15) is 52.3 Å². The van der Waals surface area contributed by atoms with Crippen molar-refractivity contribution in [2.75, 3.05) is 13.2 Å². The molecule has 14 unspecified atom stereocenters. The van der Waals surface area contributed by atoms with Crippen LogP contribution in [0.1, 0.15) is 80.2 Å². The van der Waals surface area contributed by atoms with Gasteiger partial charge in [0.15, 0.2) is 29.1 Å². The standard InChI is InChI=1S/C61H61N3O22/c1-2-38-36(23-35-30-6-3-8-34(19-30)63-53(35)64-38)37-21-33-22-39-29(9-15-62-39)7-4-12-56(79)49(72)51(74)60(33,83-44-25-43-46(48(71)45(37)44)40(68)24-42(82-43)32-18-31(11-17-66)47(70)41(69)20-32)86-58(56)14-5-13-57(54(76)77)61(80,81)52(75)50(73)59(85-57,84-55(58)78)26-28(27-67)10-16-65/h3,8-9,15-16,18,20-21,23-25,28,30,34,37,49-53,62-64,66-67,69-75,79-81H,2,6,10-12,14,17,19,22,26-27H2,1H3,(H,76,77). The minimum absolute atomic E-state index is 0.00857. The zero-order chi connectivity index (χ0) is 61.2. The van der Waals surface area contributed by atoms with Gasteiger partial charge in [-0.1, -0.05) is 49.0 Å². The second-order valence-corrected chi connectivity index (χ2v) is 23.1. The molecule has 2 aromatic carbocycles. The molecular formula is C61H61N3O22. The number of rotatable bonds is 11. The monoisotopic (exact) mass is 1190 g/mol. The van der Waals surface area contributed by atoms with Gasteiger partial charge in [0, 0.05) is 108 Å². The SMILES string of the molecule is CCC1=C(C2C=C3Cc4[nH]ccc4C#CCC4(O)C(O)C(O)C3(Oc3cc5oc(-c6cc(O)c(O)c(CCO)c6)cc(=O)c5c(O)c32)OC42CC#CC3(C(=O)O)OC(CC(CO)CC=O)(OC2=O)C(O)C(O)C3(O)O)C=C2C3CC=CC(C3)NC2N1. The molecule has 13 rings (SSSR count). The molecule has 25 heteroatoms. The highest BCUT2D eigenvalue weighted by Gasteiger charge is 2.78. The number of piperidine rings is 1. The molecule has 16 N–H and O–H groups in total. The number of carbonyl (C=O) groups is 3. The minimum atomic E-state index is -4.07. The number of fused-ring (bicyclic) bond motifs is 10. The number of aliphatic hydroxyl groups excluding tert-OH is 6. The Hall–Kier alpha value is -7.86. The van der Waals surface area contributed by atoms with E-state index in [1.54, 1.807) is 12.3 Å². The number of aliphatic hydroxyl groups is 9. The molecule has 9 aliphatic rings. The van der Waals surface area contributed by atoms with Crippen molar-refractivity contribution in [3.8, 4) is 58.0 Å². The van der Waals surface area contributed by atoms with E-state index in [9.17, 15) is 80.8 Å². The van der Waals surface area contributed by atoms with E-state index in [0.29, 0.717) is 36.1 Å². The number of aromatic amines is 1. The van der Waals surface area contributed by atoms with Crippen LogP contribution in [-0.4, -0.2) is 174 Å². The molecule has 2 aliphatic carbocycles. The van der Waals surface area contributed by atoms with Crippen molar-refractivity contribution in [1.82, 2.24) is 15.6 Å². The second kappa shape index (κ2) is 20.9. The first-order valence-electron chi connectivity index (χ1n) is 28.0. The lowest BCUT2D eigenvalue weighted by Crippen LogP contribution is -2.81. The van der Waals surface area contributed by atoms with E-state index in [1.165, 1.54) is 12.1 Å². The molecule has 2 spiro atoms. The van der Waals surface area contributed by atoms with E-state index in [0.717, 1.165) is 30.2 Å². The second-order valence-electron chi connectivity index (χ2n) is 23.1. The summed E-state index contributed by atoms with van der Waals surface area (Å²) in [5, 5.41) is 159. The molecule has 25 nitrogen and oxygen atoms in total. The van der Waals surface area contributed by atoms with Gasteiger partial charge in [-0.25, -0.2) is 9.59 Å². The first-order chi connectivity index (χ1) is 40.9. The Bertz CT molecular complexity index is 3860. The average molecular weight is 1190 g/mol. The van der Waals surface area contributed by atoms with Crippen LogP contribution in [0.3, 0.4) is 0 Å². The number of ether oxygens (including phenoxy) is 4. The summed E-state index contributed by atoms with van der Waals surface area (Å²) < 4.78 is 32.4. The Balaban J connectivity index is 1.16. The molecule has 0 amide bonds. The van der Waals surface area contributed by atoms with E-state index in [2.05, 4.69) is 51.5 Å². The van der Waals surface area contributed by atoms with Gasteiger partial charge in [0.25, 0.3) is 11.4 Å². The number of nitrogens with one attached hydrogen (secondary N) is 3. The third-order valence-corrected chi connectivity index (χ3v) is 18.2. The number of aliphatic carboxylic acids is 1. The Kier molecular flexibility index (Phi) is 14.2. The van der Waals surface area contributed by atoms with Gasteiger partial charge >= 0.3 is 11.9 Å². The number of phenols is 3. The number of H-pyrrole nitrogens is 1. The summed E-state index contributed by atoms with van der Waals surface area (Å²) in [6.45, 7) is 0.471. The number of esters is 1. The number of aldehydes is 1. The fraction of sp³-hybridized carbons (Fsp3) is 0.443. The van der Waals surface area contributed by atoms with Crippen LogP contribution in [0.25, 0.3) is 22.3 Å². The molecule has 3 fully saturated rings. The van der Waals surface area contributed by atoms with Crippen LogP contribution < -0.4 is 20.8 Å². The maximum atomic E-state index is 16.1. The number of hydrogen-bond acceptors (Lipinski definition) is 23. The molecule has 0 radical (unpaired) electrons. The molecule has 4 aromatic rings. The molecule has 14 atom stereocenters. The predicted molar refractivity (Wildman–Crippen MR) is 293 cm³/mol. The van der Waals surface area contributed by atoms with Crippen LogP contribution in [0.4, 0.5) is 0 Å². The Morgan fingerprint density at radius 1 is 0.942 bits per heavy atom. The summed E-state index contributed by atoms with van der Waals surface area (Å²) in [5.74, 6) is -10.1. The maximum Gasteiger partial charge on any atom is 0.354 e. The lowest BCUT2D eigenvalue weighted by atomic mass is 9.67. The van der Waals surface area contributed by atoms with E-state index in [-0.39, 0.29) is 58.1 Å². The summed E-state index contributed by atoms with van der Waals surface area (Å²) >= 11 is 0. The molecule has 6 bridgehead atoms. The van der Waals surface area contributed by atoms with E-state index in [4.69, 9.17) is 23.4 Å². The lowest BCUT2D eigenvalue weighted by molar-refractivity contribution is -0.434. The normalized spacial score (nSPS) is 34.1. The Morgan fingerprint density at radius 2 is 1.73 bits per heavy atom. The summed E-state index contributed by atoms with van der Waals surface area (Å²) in [7, 11) is 0. The van der Waals surface area contributed by atoms with Crippen molar-refractivity contribution in [3.05, 3.63) is 116 Å². The first kappa shape index (κ1) is 58.5. The molecule has 0 saturated carbocycles. The van der Waals surface area contributed by atoms with Crippen molar-refractivity contribution < 1.29 is 104 Å². The van der Waals surface area contributed by atoms with Crippen LogP contribution in [0.5, 0.6) is 23.0 Å². The summed E-state index contributed by atoms with van der Waals surface area (Å²) in [6.07, 6.45) is -5.02. The van der Waals surface area contributed by atoms with Crippen LogP contribution >= 0.6 is 0 Å². The number of aromatic nitrogens is 1. The predicted octanol–water partition coefficient (Wildman–Crippen LogP) is -0.293. The largest absolute Gasteiger partial charge is 0.507 e.